The van der Waals surface area contributed by atoms with E-state index in [4.69, 9.17) is 23.2 Å². The van der Waals surface area contributed by atoms with Gasteiger partial charge < -0.3 is 5.11 Å². The van der Waals surface area contributed by atoms with Crippen LogP contribution in [0.25, 0.3) is 0 Å². The standard InChI is InChI=1S/C14H18Cl2O4S/c1-3-7-14(8-4-2,13(17)18)21(19,20)12-9-10(15)5-6-11(12)16/h5-6,9H,3-4,7-8H2,1-2H3,(H,17,18). The van der Waals surface area contributed by atoms with Gasteiger partial charge in [0.05, 0.1) is 9.92 Å². The molecule has 0 heterocycles. The maximum atomic E-state index is 12.9. The number of carboxylic acid groups (broad SMARTS) is 1. The van der Waals surface area contributed by atoms with Gasteiger partial charge in [-0.25, -0.2) is 8.42 Å². The Morgan fingerprint density at radius 1 is 1.19 bits per heavy atom. The normalized spacial score (nSPS) is 12.4. The first kappa shape index (κ1) is 18.3. The molecule has 0 fully saturated rings. The highest BCUT2D eigenvalue weighted by Crippen LogP contribution is 2.38. The quantitative estimate of drug-likeness (QED) is 0.798. The Kier molecular flexibility index (Phi) is 6.08. The lowest BCUT2D eigenvalue weighted by Gasteiger charge is -2.29. The Bertz CT molecular complexity index is 620. The van der Waals surface area contributed by atoms with Gasteiger partial charge in [-0.2, -0.15) is 0 Å². The summed E-state index contributed by atoms with van der Waals surface area (Å²) in [4.78, 5) is 11.5. The lowest BCUT2D eigenvalue weighted by Crippen LogP contribution is -2.46. The van der Waals surface area contributed by atoms with Gasteiger partial charge in [-0.05, 0) is 31.0 Å². The monoisotopic (exact) mass is 352 g/mol. The second-order valence-corrected chi connectivity index (χ2v) is 7.95. The third-order valence-electron chi connectivity index (χ3n) is 3.39. The molecule has 7 heteroatoms. The van der Waals surface area contributed by atoms with Crippen LogP contribution in [-0.2, 0) is 14.6 Å². The van der Waals surface area contributed by atoms with E-state index < -0.39 is 20.6 Å². The topological polar surface area (TPSA) is 71.4 Å². The average Bonchev–Trinajstić information content (AvgIpc) is 2.40. The number of hydrogen-bond acceptors (Lipinski definition) is 3. The molecule has 0 aromatic heterocycles. The molecule has 0 bridgehead atoms. The minimum absolute atomic E-state index is 0.0165. The van der Waals surface area contributed by atoms with Crippen LogP contribution >= 0.6 is 23.2 Å². The first-order valence-electron chi connectivity index (χ1n) is 6.66. The molecule has 1 aromatic rings. The predicted octanol–water partition coefficient (Wildman–Crippen LogP) is 4.19. The molecule has 0 saturated heterocycles. The molecule has 0 amide bonds. The number of aliphatic carboxylic acids is 1. The lowest BCUT2D eigenvalue weighted by atomic mass is 9.97. The summed E-state index contributed by atoms with van der Waals surface area (Å²) in [6.45, 7) is 3.50. The van der Waals surface area contributed by atoms with Gasteiger partial charge in [-0.1, -0.05) is 49.9 Å². The van der Waals surface area contributed by atoms with Crippen molar-refractivity contribution in [3.05, 3.63) is 28.2 Å². The smallest absolute Gasteiger partial charge is 0.325 e. The second kappa shape index (κ2) is 6.99. The van der Waals surface area contributed by atoms with Gasteiger partial charge in [0, 0.05) is 5.02 Å². The molecule has 0 saturated carbocycles. The summed E-state index contributed by atoms with van der Waals surface area (Å²) in [6, 6.07) is 4.04. The first-order valence-corrected chi connectivity index (χ1v) is 8.90. The van der Waals surface area contributed by atoms with Gasteiger partial charge in [0.1, 0.15) is 0 Å². The molecule has 0 radical (unpaired) electrons. The molecule has 4 nitrogen and oxygen atoms in total. The lowest BCUT2D eigenvalue weighted by molar-refractivity contribution is -0.140. The molecule has 1 N–H and O–H groups in total. The van der Waals surface area contributed by atoms with E-state index in [1.807, 2.05) is 0 Å². The van der Waals surface area contributed by atoms with Crippen molar-refractivity contribution >= 4 is 39.0 Å². The van der Waals surface area contributed by atoms with Crippen molar-refractivity contribution in [2.75, 3.05) is 0 Å². The third-order valence-corrected chi connectivity index (χ3v) is 6.60. The molecular weight excluding hydrogens is 335 g/mol. The molecule has 1 rings (SSSR count). The Labute approximate surface area is 135 Å². The highest BCUT2D eigenvalue weighted by Gasteiger charge is 2.50. The van der Waals surface area contributed by atoms with Crippen LogP contribution in [0, 0.1) is 0 Å². The zero-order valence-corrected chi connectivity index (χ0v) is 14.2. The SMILES string of the molecule is CCCC(CCC)(C(=O)O)S(=O)(=O)c1cc(Cl)ccc1Cl. The largest absolute Gasteiger partial charge is 0.480 e. The highest BCUT2D eigenvalue weighted by molar-refractivity contribution is 7.93. The zero-order chi connectivity index (χ0) is 16.3. The van der Waals surface area contributed by atoms with Crippen molar-refractivity contribution in [2.24, 2.45) is 0 Å². The average molecular weight is 353 g/mol. The number of hydrogen-bond donors (Lipinski definition) is 1. The van der Waals surface area contributed by atoms with Crippen molar-refractivity contribution in [1.29, 1.82) is 0 Å². The Morgan fingerprint density at radius 3 is 2.14 bits per heavy atom. The number of rotatable bonds is 7. The van der Waals surface area contributed by atoms with E-state index in [-0.39, 0.29) is 27.8 Å². The Hall–Kier alpha value is -0.780. The van der Waals surface area contributed by atoms with Crippen LogP contribution in [0.15, 0.2) is 23.1 Å². The van der Waals surface area contributed by atoms with E-state index in [1.165, 1.54) is 18.2 Å². The first-order chi connectivity index (χ1) is 9.72. The van der Waals surface area contributed by atoms with Crippen LogP contribution in [-0.4, -0.2) is 24.2 Å². The molecule has 1 aromatic carbocycles. The van der Waals surface area contributed by atoms with Crippen LogP contribution in [0.1, 0.15) is 39.5 Å². The van der Waals surface area contributed by atoms with Crippen LogP contribution in [0.5, 0.6) is 0 Å². The summed E-state index contributed by atoms with van der Waals surface area (Å²) >= 11 is 11.8. The Balaban J connectivity index is 3.60. The minimum Gasteiger partial charge on any atom is -0.480 e. The number of halogens is 2. The van der Waals surface area contributed by atoms with E-state index in [9.17, 15) is 18.3 Å². The van der Waals surface area contributed by atoms with Crippen molar-refractivity contribution < 1.29 is 18.3 Å². The number of carboxylic acids is 1. The molecule has 0 aliphatic heterocycles. The fourth-order valence-electron chi connectivity index (χ4n) is 2.42. The summed E-state index contributed by atoms with van der Waals surface area (Å²) in [5.41, 5.74) is 0. The van der Waals surface area contributed by atoms with E-state index in [1.54, 1.807) is 13.8 Å². The minimum atomic E-state index is -4.16. The van der Waals surface area contributed by atoms with E-state index in [2.05, 4.69) is 0 Å². The number of carbonyl (C=O) groups is 1. The Morgan fingerprint density at radius 2 is 1.71 bits per heavy atom. The summed E-state index contributed by atoms with van der Waals surface area (Å²) < 4.78 is 24.0. The second-order valence-electron chi connectivity index (χ2n) is 4.88. The van der Waals surface area contributed by atoms with Crippen LogP contribution < -0.4 is 0 Å². The van der Waals surface area contributed by atoms with E-state index in [0.717, 1.165) is 0 Å². The molecule has 21 heavy (non-hydrogen) atoms. The maximum Gasteiger partial charge on any atom is 0.325 e. The van der Waals surface area contributed by atoms with E-state index >= 15 is 0 Å². The maximum absolute atomic E-state index is 12.9. The van der Waals surface area contributed by atoms with Crippen molar-refractivity contribution in [1.82, 2.24) is 0 Å². The summed E-state index contributed by atoms with van der Waals surface area (Å²) in [7, 11) is -4.16. The molecule has 0 aliphatic rings. The van der Waals surface area contributed by atoms with Crippen LogP contribution in [0.3, 0.4) is 0 Å². The highest BCUT2D eigenvalue weighted by atomic mass is 35.5. The van der Waals surface area contributed by atoms with Crippen molar-refractivity contribution in [3.63, 3.8) is 0 Å². The zero-order valence-electron chi connectivity index (χ0n) is 11.9. The van der Waals surface area contributed by atoms with Gasteiger partial charge in [0.2, 0.25) is 0 Å². The summed E-state index contributed by atoms with van der Waals surface area (Å²) in [5.74, 6) is -1.35. The van der Waals surface area contributed by atoms with Crippen molar-refractivity contribution in [3.8, 4) is 0 Å². The third kappa shape index (κ3) is 3.35. The fourth-order valence-corrected chi connectivity index (χ4v) is 5.29. The van der Waals surface area contributed by atoms with Gasteiger partial charge in [-0.15, -0.1) is 0 Å². The molecular formula is C14H18Cl2O4S. The molecule has 0 spiro atoms. The van der Waals surface area contributed by atoms with Gasteiger partial charge in [0.15, 0.2) is 14.6 Å². The molecule has 0 aliphatic carbocycles. The van der Waals surface area contributed by atoms with Gasteiger partial charge in [0.25, 0.3) is 0 Å². The van der Waals surface area contributed by atoms with Crippen molar-refractivity contribution in [2.45, 2.75) is 49.2 Å². The summed E-state index contributed by atoms with van der Waals surface area (Å²) in [5, 5.41) is 9.77. The molecule has 118 valence electrons. The number of benzene rings is 1. The van der Waals surface area contributed by atoms with Gasteiger partial charge >= 0.3 is 5.97 Å². The summed E-state index contributed by atoms with van der Waals surface area (Å²) in [6.07, 6.45) is 0.927. The molecule has 0 atom stereocenters. The van der Waals surface area contributed by atoms with Crippen LogP contribution in [0.4, 0.5) is 0 Å². The predicted molar refractivity (Wildman–Crippen MR) is 83.8 cm³/mol. The fraction of sp³-hybridized carbons (Fsp3) is 0.500. The molecule has 0 unspecified atom stereocenters. The van der Waals surface area contributed by atoms with Crippen LogP contribution in [0.2, 0.25) is 10.0 Å². The number of sulfone groups is 1. The van der Waals surface area contributed by atoms with E-state index in [0.29, 0.717) is 12.8 Å². The van der Waals surface area contributed by atoms with Gasteiger partial charge in [-0.3, -0.25) is 4.79 Å².